The Labute approximate surface area is 233 Å². The van der Waals surface area contributed by atoms with E-state index in [1.807, 2.05) is 6.07 Å². The van der Waals surface area contributed by atoms with Crippen LogP contribution in [0.1, 0.15) is 48.8 Å². The van der Waals surface area contributed by atoms with Crippen LogP contribution in [0.5, 0.6) is 0 Å². The van der Waals surface area contributed by atoms with E-state index in [0.717, 1.165) is 6.07 Å². The highest BCUT2D eigenvalue weighted by Gasteiger charge is 2.55. The number of pyridine rings is 1. The number of carbonyl (C=O) groups is 1. The number of amides is 1. The van der Waals surface area contributed by atoms with E-state index in [2.05, 4.69) is 42.4 Å². The number of rotatable bonds is 5. The Bertz CT molecular complexity index is 1700. The summed E-state index contributed by atoms with van der Waals surface area (Å²) in [6, 6.07) is 8.40. The summed E-state index contributed by atoms with van der Waals surface area (Å²) in [6.45, 7) is 1.61. The van der Waals surface area contributed by atoms with E-state index in [1.165, 1.54) is 19.4 Å². The number of aliphatic hydroxyl groups excluding tert-OH is 2. The first-order chi connectivity index (χ1) is 19.7. The molecule has 0 spiro atoms. The smallest absolute Gasteiger partial charge is 0.228 e. The van der Waals surface area contributed by atoms with Crippen molar-refractivity contribution in [1.82, 2.24) is 29.8 Å². The highest BCUT2D eigenvalue weighted by atomic mass is 19.2. The largest absolute Gasteiger partial charge is 0.389 e. The van der Waals surface area contributed by atoms with E-state index in [-0.39, 0.29) is 30.1 Å². The Hall–Kier alpha value is -4.47. The third kappa shape index (κ3) is 4.77. The summed E-state index contributed by atoms with van der Waals surface area (Å²) in [7, 11) is 1.48. The van der Waals surface area contributed by atoms with Crippen molar-refractivity contribution in [3.63, 3.8) is 0 Å². The van der Waals surface area contributed by atoms with Crippen LogP contribution in [0.2, 0.25) is 0 Å². The van der Waals surface area contributed by atoms with Crippen LogP contribution in [0.25, 0.3) is 11.2 Å². The molecule has 0 radical (unpaired) electrons. The van der Waals surface area contributed by atoms with Crippen LogP contribution in [0.4, 0.5) is 14.6 Å². The van der Waals surface area contributed by atoms with Gasteiger partial charge in [0.05, 0.1) is 23.9 Å². The molecule has 3 heterocycles. The van der Waals surface area contributed by atoms with Crippen LogP contribution in [-0.4, -0.2) is 65.9 Å². The van der Waals surface area contributed by atoms with Gasteiger partial charge in [0.2, 0.25) is 11.7 Å². The molecule has 2 aliphatic carbocycles. The van der Waals surface area contributed by atoms with Crippen LogP contribution in [-0.2, 0) is 4.79 Å². The standard InChI is InChI=1S/C29H27F2N7O3/c1-29(28(41)32-2)13-21(24(39)25(29)40)38-14-34-23-26(35-20-12-17(20)15-6-8-18(30)19(31)11-15)36-22(37-27(23)38)9-7-16-5-3-4-10-33-16/h3-6,8,10-11,14,17,20-21,24-25,39-40H,12-13H2,1-2H3,(H,32,41)(H,35,36,37)/t17-,20?,21+,24-,25-,29?/m0/s1. The van der Waals surface area contributed by atoms with Crippen LogP contribution >= 0.6 is 0 Å². The maximum atomic E-state index is 13.8. The van der Waals surface area contributed by atoms with Gasteiger partial charge in [-0.15, -0.1) is 0 Å². The molecule has 2 saturated carbocycles. The Morgan fingerprint density at radius 3 is 2.68 bits per heavy atom. The molecule has 12 heteroatoms. The molecule has 41 heavy (non-hydrogen) atoms. The maximum absolute atomic E-state index is 13.8. The van der Waals surface area contributed by atoms with Gasteiger partial charge in [-0.3, -0.25) is 4.79 Å². The third-order valence-electron chi connectivity index (χ3n) is 7.98. The molecule has 210 valence electrons. The number of aromatic nitrogens is 5. The Balaban J connectivity index is 1.38. The van der Waals surface area contributed by atoms with Gasteiger partial charge in [0.15, 0.2) is 28.6 Å². The molecule has 10 nitrogen and oxygen atoms in total. The summed E-state index contributed by atoms with van der Waals surface area (Å²) in [5.41, 5.74) is 0.728. The summed E-state index contributed by atoms with van der Waals surface area (Å²) >= 11 is 0. The number of fused-ring (bicyclic) bond motifs is 1. The fraction of sp³-hybridized carbons (Fsp3) is 0.345. The van der Waals surface area contributed by atoms with Crippen molar-refractivity contribution < 1.29 is 23.8 Å². The Kier molecular flexibility index (Phi) is 6.63. The lowest BCUT2D eigenvalue weighted by Gasteiger charge is -2.26. The minimum absolute atomic E-state index is 0.0553. The SMILES string of the molecule is CNC(=O)C1(C)C[C@@H](n2cnc3c(NC4C[C@H]4c4ccc(F)c(F)c4)nc(C#Cc4ccccn4)nc32)[C@H](O)[C@@H]1O. The molecule has 3 aromatic heterocycles. The monoisotopic (exact) mass is 559 g/mol. The van der Waals surface area contributed by atoms with Crippen molar-refractivity contribution in [1.29, 1.82) is 0 Å². The van der Waals surface area contributed by atoms with Gasteiger partial charge in [-0.05, 0) is 61.4 Å². The van der Waals surface area contributed by atoms with E-state index < -0.39 is 35.3 Å². The van der Waals surface area contributed by atoms with Crippen LogP contribution in [0, 0.1) is 28.9 Å². The summed E-state index contributed by atoms with van der Waals surface area (Å²) in [5.74, 6) is 4.19. The van der Waals surface area contributed by atoms with Gasteiger partial charge in [0.25, 0.3) is 0 Å². The van der Waals surface area contributed by atoms with E-state index in [0.29, 0.717) is 34.7 Å². The first kappa shape index (κ1) is 26.7. The topological polar surface area (TPSA) is 138 Å². The van der Waals surface area contributed by atoms with E-state index in [4.69, 9.17) is 0 Å². The van der Waals surface area contributed by atoms with Crippen molar-refractivity contribution in [3.8, 4) is 11.8 Å². The average molecular weight is 560 g/mol. The molecule has 2 aliphatic rings. The first-order valence-corrected chi connectivity index (χ1v) is 13.2. The molecule has 0 saturated heterocycles. The highest BCUT2D eigenvalue weighted by molar-refractivity contribution is 5.85. The average Bonchev–Trinajstić information content (AvgIpc) is 3.55. The van der Waals surface area contributed by atoms with Gasteiger partial charge in [-0.2, -0.15) is 0 Å². The quantitative estimate of drug-likeness (QED) is 0.273. The van der Waals surface area contributed by atoms with Crippen LogP contribution in [0.3, 0.4) is 0 Å². The van der Waals surface area contributed by atoms with Crippen molar-refractivity contribution in [2.75, 3.05) is 12.4 Å². The lowest BCUT2D eigenvalue weighted by atomic mass is 9.85. The number of aliphatic hydroxyl groups is 2. The molecule has 4 N–H and O–H groups in total. The van der Waals surface area contributed by atoms with Gasteiger partial charge in [0.1, 0.15) is 11.8 Å². The van der Waals surface area contributed by atoms with Gasteiger partial charge in [-0.1, -0.05) is 12.1 Å². The number of nitrogens with zero attached hydrogens (tertiary/aromatic N) is 5. The second-order valence-electron chi connectivity index (χ2n) is 10.7. The van der Waals surface area contributed by atoms with Crippen molar-refractivity contribution >= 4 is 22.9 Å². The number of halogens is 2. The minimum atomic E-state index is -1.31. The van der Waals surface area contributed by atoms with Crippen molar-refractivity contribution in [2.45, 2.75) is 50.0 Å². The number of carbonyl (C=O) groups excluding carboxylic acids is 1. The zero-order valence-electron chi connectivity index (χ0n) is 22.2. The third-order valence-corrected chi connectivity index (χ3v) is 7.98. The van der Waals surface area contributed by atoms with E-state index in [1.54, 1.807) is 35.9 Å². The molecule has 0 bridgehead atoms. The second kappa shape index (κ2) is 10.2. The Morgan fingerprint density at radius 2 is 1.95 bits per heavy atom. The molecular formula is C29H27F2N7O3. The van der Waals surface area contributed by atoms with Crippen molar-refractivity contribution in [2.24, 2.45) is 5.41 Å². The summed E-state index contributed by atoms with van der Waals surface area (Å²) in [5, 5.41) is 27.7. The summed E-state index contributed by atoms with van der Waals surface area (Å²) in [4.78, 5) is 30.5. The Morgan fingerprint density at radius 1 is 1.12 bits per heavy atom. The molecule has 1 aromatic carbocycles. The molecule has 6 atom stereocenters. The number of benzene rings is 1. The van der Waals surface area contributed by atoms with Gasteiger partial charge >= 0.3 is 0 Å². The van der Waals surface area contributed by atoms with Gasteiger partial charge in [0, 0.05) is 25.2 Å². The minimum Gasteiger partial charge on any atom is -0.389 e. The molecule has 6 rings (SSSR count). The van der Waals surface area contributed by atoms with Crippen molar-refractivity contribution in [3.05, 3.63) is 77.6 Å². The molecular weight excluding hydrogens is 532 g/mol. The zero-order chi connectivity index (χ0) is 28.9. The summed E-state index contributed by atoms with van der Waals surface area (Å²) in [6.07, 6.45) is 1.36. The normalized spacial score (nSPS) is 26.8. The number of hydrogen-bond donors (Lipinski definition) is 4. The number of hydrogen-bond acceptors (Lipinski definition) is 8. The summed E-state index contributed by atoms with van der Waals surface area (Å²) < 4.78 is 28.9. The number of imidazole rings is 1. The second-order valence-corrected chi connectivity index (χ2v) is 10.7. The lowest BCUT2D eigenvalue weighted by molar-refractivity contribution is -0.136. The molecule has 4 aromatic rings. The number of nitrogens with one attached hydrogen (secondary N) is 2. The molecule has 2 unspecified atom stereocenters. The van der Waals surface area contributed by atoms with Crippen LogP contribution in [0.15, 0.2) is 48.9 Å². The molecule has 1 amide bonds. The van der Waals surface area contributed by atoms with Crippen LogP contribution < -0.4 is 10.6 Å². The predicted octanol–water partition coefficient (Wildman–Crippen LogP) is 2.29. The lowest BCUT2D eigenvalue weighted by Crippen LogP contribution is -2.45. The predicted molar refractivity (Wildman–Crippen MR) is 145 cm³/mol. The van der Waals surface area contributed by atoms with Gasteiger partial charge < -0.3 is 25.4 Å². The van der Waals surface area contributed by atoms with E-state index in [9.17, 15) is 23.8 Å². The van der Waals surface area contributed by atoms with Gasteiger partial charge in [-0.25, -0.2) is 28.7 Å². The maximum Gasteiger partial charge on any atom is 0.228 e. The first-order valence-electron chi connectivity index (χ1n) is 13.2. The highest BCUT2D eigenvalue weighted by Crippen LogP contribution is 2.46. The zero-order valence-corrected chi connectivity index (χ0v) is 22.2. The fourth-order valence-electron chi connectivity index (χ4n) is 5.55. The molecule has 2 fully saturated rings. The van der Waals surface area contributed by atoms with E-state index >= 15 is 0 Å². The fourth-order valence-corrected chi connectivity index (χ4v) is 5.55. The number of anilines is 1. The molecule has 0 aliphatic heterocycles.